The molecule has 3 aromatic carbocycles. The zero-order valence-electron chi connectivity index (χ0n) is 25.0. The monoisotopic (exact) mass is 593 g/mol. The van der Waals surface area contributed by atoms with Crippen LogP contribution in [-0.2, 0) is 16.4 Å². The van der Waals surface area contributed by atoms with E-state index in [-0.39, 0.29) is 17.9 Å². The van der Waals surface area contributed by atoms with E-state index in [2.05, 4.69) is 13.8 Å². The Morgan fingerprint density at radius 3 is 2.12 bits per heavy atom. The normalized spacial score (nSPS) is 19.0. The highest BCUT2D eigenvalue weighted by Gasteiger charge is 2.49. The topological polar surface area (TPSA) is 104 Å². The van der Waals surface area contributed by atoms with Gasteiger partial charge in [-0.3, -0.25) is 0 Å². The molecule has 0 aromatic heterocycles. The first-order valence-electron chi connectivity index (χ1n) is 14.8. The number of anilines is 1. The number of aliphatic hydroxyl groups is 1. The third kappa shape index (κ3) is 6.81. The van der Waals surface area contributed by atoms with Gasteiger partial charge in [0.25, 0.3) is 0 Å². The van der Waals surface area contributed by atoms with Gasteiger partial charge in [-0.25, -0.2) is 13.2 Å². The van der Waals surface area contributed by atoms with Crippen LogP contribution in [-0.4, -0.2) is 50.6 Å². The number of carbonyl (C=O) groups is 1. The van der Waals surface area contributed by atoms with E-state index in [0.29, 0.717) is 29.1 Å². The number of sulfone groups is 1. The summed E-state index contributed by atoms with van der Waals surface area (Å²) >= 11 is 0. The van der Waals surface area contributed by atoms with Crippen molar-refractivity contribution < 1.29 is 28.2 Å². The molecule has 1 heterocycles. The van der Waals surface area contributed by atoms with E-state index < -0.39 is 33.2 Å². The van der Waals surface area contributed by atoms with Crippen molar-refractivity contribution in [3.05, 3.63) is 89.0 Å². The summed E-state index contributed by atoms with van der Waals surface area (Å²) in [5.41, 5.74) is 2.66. The molecule has 1 aliphatic heterocycles. The molecule has 226 valence electrons. The third-order valence-electron chi connectivity index (χ3n) is 8.50. The second kappa shape index (κ2) is 13.3. The average molecular weight is 594 g/mol. The molecule has 0 unspecified atom stereocenters. The summed E-state index contributed by atoms with van der Waals surface area (Å²) in [6.45, 7) is 4.47. The molecular formula is C34H43NO6S. The van der Waals surface area contributed by atoms with Crippen molar-refractivity contribution in [2.75, 3.05) is 24.7 Å². The zero-order chi connectivity index (χ0) is 30.5. The van der Waals surface area contributed by atoms with E-state index in [1.165, 1.54) is 0 Å². The van der Waals surface area contributed by atoms with Gasteiger partial charge in [0.2, 0.25) is 0 Å². The first kappa shape index (κ1) is 31.6. The van der Waals surface area contributed by atoms with Crippen LogP contribution < -0.4 is 9.64 Å². The van der Waals surface area contributed by atoms with Crippen LogP contribution >= 0.6 is 0 Å². The minimum absolute atomic E-state index is 0.0617. The van der Waals surface area contributed by atoms with Crippen LogP contribution in [0.5, 0.6) is 5.75 Å². The van der Waals surface area contributed by atoms with Crippen LogP contribution in [0.3, 0.4) is 0 Å². The standard InChI is InChI=1S/C34H43NO6S/c1-5-7-19-34(20-8-6-2)23-42(39,40)30-18-15-27(35(3)4)21-29(30)31(32(34)36)25-13-16-28(17-14-25)41-22-24-9-11-26(12-10-24)33(37)38/h9-18,21,31-32,36H,5-8,19-20,22-23H2,1-4H3,(H,37,38)/t31-,32-/m1/s1. The van der Waals surface area contributed by atoms with Gasteiger partial charge in [0, 0.05) is 31.1 Å². The predicted molar refractivity (Wildman–Crippen MR) is 166 cm³/mol. The number of benzene rings is 3. The number of aliphatic hydroxyl groups excluding tert-OH is 1. The molecule has 0 bridgehead atoms. The van der Waals surface area contributed by atoms with Crippen LogP contribution in [0.25, 0.3) is 0 Å². The molecule has 0 saturated heterocycles. The summed E-state index contributed by atoms with van der Waals surface area (Å²) < 4.78 is 34.0. The van der Waals surface area contributed by atoms with Crippen LogP contribution in [0.2, 0.25) is 0 Å². The Hall–Kier alpha value is -3.36. The smallest absolute Gasteiger partial charge is 0.335 e. The lowest BCUT2D eigenvalue weighted by Crippen LogP contribution is -2.43. The Kier molecular flexibility index (Phi) is 10.00. The maximum atomic E-state index is 14.0. The molecule has 0 saturated carbocycles. The van der Waals surface area contributed by atoms with Gasteiger partial charge in [0.05, 0.1) is 22.3 Å². The Morgan fingerprint density at radius 1 is 0.952 bits per heavy atom. The SMILES string of the molecule is CCCCC1(CCCC)CS(=O)(=O)c2ccc(N(C)C)cc2[C@@H](c2ccc(OCc3ccc(C(=O)O)cc3)cc2)[C@H]1O. The van der Waals surface area contributed by atoms with Crippen LogP contribution in [0.15, 0.2) is 71.6 Å². The first-order valence-corrected chi connectivity index (χ1v) is 16.4. The van der Waals surface area contributed by atoms with Gasteiger partial charge in [-0.15, -0.1) is 0 Å². The van der Waals surface area contributed by atoms with Crippen molar-refractivity contribution in [1.29, 1.82) is 0 Å². The molecular weight excluding hydrogens is 550 g/mol. The van der Waals surface area contributed by atoms with Crippen molar-refractivity contribution in [2.45, 2.75) is 75.9 Å². The van der Waals surface area contributed by atoms with Gasteiger partial charge in [0.15, 0.2) is 9.84 Å². The molecule has 0 amide bonds. The van der Waals surface area contributed by atoms with Crippen molar-refractivity contribution in [3.8, 4) is 5.75 Å². The lowest BCUT2D eigenvalue weighted by molar-refractivity contribution is 0.0127. The summed E-state index contributed by atoms with van der Waals surface area (Å²) in [5, 5.41) is 21.4. The number of carboxylic acids is 1. The highest BCUT2D eigenvalue weighted by Crippen LogP contribution is 2.50. The molecule has 3 aromatic rings. The van der Waals surface area contributed by atoms with E-state index in [0.717, 1.165) is 42.5 Å². The molecule has 8 heteroatoms. The van der Waals surface area contributed by atoms with E-state index in [1.807, 2.05) is 55.4 Å². The number of rotatable bonds is 12. The highest BCUT2D eigenvalue weighted by atomic mass is 32.2. The van der Waals surface area contributed by atoms with E-state index in [9.17, 15) is 18.3 Å². The molecule has 4 rings (SSSR count). The first-order chi connectivity index (χ1) is 20.0. The Bertz CT molecular complexity index is 1460. The van der Waals surface area contributed by atoms with Crippen LogP contribution in [0.1, 0.15) is 85.3 Å². The minimum atomic E-state index is -3.66. The fourth-order valence-electron chi connectivity index (χ4n) is 6.07. The Balaban J connectivity index is 1.74. The van der Waals surface area contributed by atoms with Crippen LogP contribution in [0, 0.1) is 5.41 Å². The molecule has 42 heavy (non-hydrogen) atoms. The lowest BCUT2D eigenvalue weighted by atomic mass is 9.68. The van der Waals surface area contributed by atoms with Gasteiger partial charge >= 0.3 is 5.97 Å². The molecule has 0 fully saturated rings. The number of ether oxygens (including phenoxy) is 1. The molecule has 7 nitrogen and oxygen atoms in total. The van der Waals surface area contributed by atoms with Gasteiger partial charge in [0.1, 0.15) is 12.4 Å². The third-order valence-corrected chi connectivity index (χ3v) is 10.5. The van der Waals surface area contributed by atoms with Crippen molar-refractivity contribution in [3.63, 3.8) is 0 Å². The number of fused-ring (bicyclic) bond motifs is 1. The van der Waals surface area contributed by atoms with Gasteiger partial charge in [-0.2, -0.15) is 0 Å². The average Bonchev–Trinajstić information content (AvgIpc) is 3.04. The molecule has 1 aliphatic rings. The zero-order valence-corrected chi connectivity index (χ0v) is 25.9. The van der Waals surface area contributed by atoms with Crippen LogP contribution in [0.4, 0.5) is 5.69 Å². The highest BCUT2D eigenvalue weighted by molar-refractivity contribution is 7.91. The number of hydrogen-bond acceptors (Lipinski definition) is 6. The van der Waals surface area contributed by atoms with E-state index in [4.69, 9.17) is 9.84 Å². The number of nitrogens with zero attached hydrogens (tertiary/aromatic N) is 1. The number of carboxylic acid groups (broad SMARTS) is 1. The fraction of sp³-hybridized carbons (Fsp3) is 0.441. The van der Waals surface area contributed by atoms with Gasteiger partial charge < -0.3 is 19.8 Å². The molecule has 0 aliphatic carbocycles. The maximum absolute atomic E-state index is 14.0. The lowest BCUT2D eigenvalue weighted by Gasteiger charge is -2.40. The maximum Gasteiger partial charge on any atom is 0.335 e. The van der Waals surface area contributed by atoms with Crippen molar-refractivity contribution in [1.82, 2.24) is 0 Å². The number of hydrogen-bond donors (Lipinski definition) is 2. The van der Waals surface area contributed by atoms with Crippen molar-refractivity contribution in [2.24, 2.45) is 5.41 Å². The Labute approximate surface area is 250 Å². The Morgan fingerprint density at radius 2 is 1.57 bits per heavy atom. The minimum Gasteiger partial charge on any atom is -0.489 e. The largest absolute Gasteiger partial charge is 0.489 e. The second-order valence-electron chi connectivity index (χ2n) is 11.7. The summed E-state index contributed by atoms with van der Waals surface area (Å²) in [6, 6.07) is 19.6. The molecule has 2 N–H and O–H groups in total. The quantitative estimate of drug-likeness (QED) is 0.242. The fourth-order valence-corrected chi connectivity index (χ4v) is 8.26. The second-order valence-corrected chi connectivity index (χ2v) is 13.7. The summed E-state index contributed by atoms with van der Waals surface area (Å²) in [7, 11) is 0.187. The predicted octanol–water partition coefficient (Wildman–Crippen LogP) is 6.68. The molecule has 0 radical (unpaired) electrons. The summed E-state index contributed by atoms with van der Waals surface area (Å²) in [4.78, 5) is 13.4. The summed E-state index contributed by atoms with van der Waals surface area (Å²) in [5.74, 6) is -0.932. The van der Waals surface area contributed by atoms with E-state index >= 15 is 0 Å². The summed E-state index contributed by atoms with van der Waals surface area (Å²) in [6.07, 6.45) is 3.96. The van der Waals surface area contributed by atoms with E-state index in [1.54, 1.807) is 30.3 Å². The van der Waals surface area contributed by atoms with Gasteiger partial charge in [-0.05, 0) is 72.0 Å². The molecule has 0 spiro atoms. The molecule has 2 atom stereocenters. The van der Waals surface area contributed by atoms with Gasteiger partial charge in [-0.1, -0.05) is 63.8 Å². The van der Waals surface area contributed by atoms with Crippen molar-refractivity contribution >= 4 is 21.5 Å². The number of aromatic carboxylic acids is 1. The number of unbranched alkanes of at least 4 members (excludes halogenated alkanes) is 2.